The van der Waals surface area contributed by atoms with Gasteiger partial charge in [-0.3, -0.25) is 0 Å². The minimum absolute atomic E-state index is 0.300. The van der Waals surface area contributed by atoms with Gasteiger partial charge in [-0.05, 0) is 26.4 Å². The zero-order valence-corrected chi connectivity index (χ0v) is 11.8. The van der Waals surface area contributed by atoms with Gasteiger partial charge in [0.05, 0.1) is 10.7 Å². The molecule has 1 aromatic heterocycles. The third-order valence-corrected chi connectivity index (χ3v) is 3.14. The molecular formula is C12H23N3S. The van der Waals surface area contributed by atoms with Crippen LogP contribution in [0.1, 0.15) is 24.5 Å². The molecule has 0 aliphatic heterocycles. The maximum absolute atomic E-state index is 4.44. The van der Waals surface area contributed by atoms with Crippen molar-refractivity contribution in [2.75, 3.05) is 27.2 Å². The minimum atomic E-state index is 0.300. The van der Waals surface area contributed by atoms with E-state index in [9.17, 15) is 0 Å². The molecule has 1 aromatic rings. The van der Waals surface area contributed by atoms with Crippen molar-refractivity contribution in [1.82, 2.24) is 15.2 Å². The average molecular weight is 241 g/mol. The summed E-state index contributed by atoms with van der Waals surface area (Å²) in [5.41, 5.74) is 1.46. The number of aromatic nitrogens is 1. The van der Waals surface area contributed by atoms with Crippen LogP contribution in [0.2, 0.25) is 0 Å². The van der Waals surface area contributed by atoms with Gasteiger partial charge in [0.2, 0.25) is 0 Å². The summed E-state index contributed by atoms with van der Waals surface area (Å²) in [7, 11) is 4.23. The minimum Gasteiger partial charge on any atom is -0.311 e. The van der Waals surface area contributed by atoms with E-state index >= 15 is 0 Å². The summed E-state index contributed by atoms with van der Waals surface area (Å²) in [5, 5.41) is 6.75. The topological polar surface area (TPSA) is 28.2 Å². The molecule has 0 radical (unpaired) electrons. The third kappa shape index (κ3) is 5.05. The lowest BCUT2D eigenvalue weighted by molar-refractivity contribution is 0.232. The van der Waals surface area contributed by atoms with Crippen molar-refractivity contribution in [3.8, 4) is 0 Å². The molecule has 3 nitrogen and oxygen atoms in total. The highest BCUT2D eigenvalue weighted by Crippen LogP contribution is 2.14. The Balaban J connectivity index is 2.29. The molecule has 0 aliphatic rings. The van der Waals surface area contributed by atoms with E-state index in [4.69, 9.17) is 0 Å². The number of nitrogens with one attached hydrogen (secondary N) is 1. The molecule has 0 saturated heterocycles. The summed E-state index contributed by atoms with van der Waals surface area (Å²) >= 11 is 1.71. The summed E-state index contributed by atoms with van der Waals surface area (Å²) in [6.07, 6.45) is 0. The van der Waals surface area contributed by atoms with Gasteiger partial charge < -0.3 is 10.2 Å². The molecule has 0 spiro atoms. The van der Waals surface area contributed by atoms with Gasteiger partial charge in [0.1, 0.15) is 0 Å². The van der Waals surface area contributed by atoms with Crippen LogP contribution in [0.5, 0.6) is 0 Å². The van der Waals surface area contributed by atoms with Gasteiger partial charge in [-0.1, -0.05) is 13.8 Å². The number of rotatable bonds is 6. The highest BCUT2D eigenvalue weighted by molar-refractivity contribution is 7.09. The van der Waals surface area contributed by atoms with Crippen LogP contribution in [0.15, 0.2) is 5.38 Å². The molecule has 0 aliphatic carbocycles. The highest BCUT2D eigenvalue weighted by Gasteiger charge is 2.18. The Morgan fingerprint density at radius 2 is 2.12 bits per heavy atom. The van der Waals surface area contributed by atoms with Gasteiger partial charge in [0.15, 0.2) is 0 Å². The standard InChI is InChI=1S/C12H23N3S/c1-10-14-11(7-16-10)6-13-8-12(2,3)9-15(4)5/h7,13H,6,8-9H2,1-5H3. The van der Waals surface area contributed by atoms with Crippen molar-refractivity contribution in [1.29, 1.82) is 0 Å². The van der Waals surface area contributed by atoms with E-state index in [1.54, 1.807) is 11.3 Å². The molecule has 1 heterocycles. The average Bonchev–Trinajstić information content (AvgIpc) is 2.48. The van der Waals surface area contributed by atoms with Crippen LogP contribution >= 0.6 is 11.3 Å². The van der Waals surface area contributed by atoms with E-state index in [1.165, 1.54) is 0 Å². The zero-order valence-electron chi connectivity index (χ0n) is 11.0. The van der Waals surface area contributed by atoms with Crippen molar-refractivity contribution in [2.45, 2.75) is 27.3 Å². The van der Waals surface area contributed by atoms with Gasteiger partial charge in [-0.25, -0.2) is 4.98 Å². The lowest BCUT2D eigenvalue weighted by Gasteiger charge is -2.28. The van der Waals surface area contributed by atoms with Gasteiger partial charge in [0.25, 0.3) is 0 Å². The van der Waals surface area contributed by atoms with Crippen LogP contribution < -0.4 is 5.32 Å². The van der Waals surface area contributed by atoms with E-state index < -0.39 is 0 Å². The Hall–Kier alpha value is -0.450. The Kier molecular flexibility index (Phi) is 4.89. The first-order valence-corrected chi connectivity index (χ1v) is 6.53. The van der Waals surface area contributed by atoms with Crippen molar-refractivity contribution in [3.63, 3.8) is 0 Å². The summed E-state index contributed by atoms with van der Waals surface area (Å²) < 4.78 is 0. The smallest absolute Gasteiger partial charge is 0.0897 e. The van der Waals surface area contributed by atoms with E-state index in [0.717, 1.165) is 30.3 Å². The second-order valence-electron chi connectivity index (χ2n) is 5.36. The summed E-state index contributed by atoms with van der Waals surface area (Å²) in [6, 6.07) is 0. The predicted molar refractivity (Wildman–Crippen MR) is 70.9 cm³/mol. The molecule has 0 fully saturated rings. The predicted octanol–water partition coefficient (Wildman–Crippen LogP) is 2.13. The molecule has 0 saturated carbocycles. The van der Waals surface area contributed by atoms with E-state index in [2.05, 4.69) is 48.5 Å². The van der Waals surface area contributed by atoms with Crippen molar-refractivity contribution in [3.05, 3.63) is 16.1 Å². The van der Waals surface area contributed by atoms with Gasteiger partial charge in [0, 0.05) is 25.0 Å². The highest BCUT2D eigenvalue weighted by atomic mass is 32.1. The van der Waals surface area contributed by atoms with Crippen LogP contribution in [0.3, 0.4) is 0 Å². The Morgan fingerprint density at radius 3 is 2.62 bits per heavy atom. The first-order valence-electron chi connectivity index (χ1n) is 5.65. The maximum atomic E-state index is 4.44. The molecule has 92 valence electrons. The summed E-state index contributed by atoms with van der Waals surface area (Å²) in [5.74, 6) is 0. The zero-order chi connectivity index (χ0) is 12.2. The maximum Gasteiger partial charge on any atom is 0.0897 e. The molecule has 0 aromatic carbocycles. The molecule has 0 amide bonds. The molecular weight excluding hydrogens is 218 g/mol. The molecule has 0 atom stereocenters. The SMILES string of the molecule is Cc1nc(CNCC(C)(C)CN(C)C)cs1. The Bertz CT molecular complexity index is 318. The van der Waals surface area contributed by atoms with Crippen LogP contribution in [0, 0.1) is 12.3 Å². The Morgan fingerprint density at radius 1 is 1.44 bits per heavy atom. The normalized spacial score (nSPS) is 12.4. The molecule has 16 heavy (non-hydrogen) atoms. The van der Waals surface area contributed by atoms with Crippen LogP contribution in [0.4, 0.5) is 0 Å². The summed E-state index contributed by atoms with van der Waals surface area (Å²) in [4.78, 5) is 6.67. The van der Waals surface area contributed by atoms with Crippen molar-refractivity contribution < 1.29 is 0 Å². The number of nitrogens with zero attached hydrogens (tertiary/aromatic N) is 2. The first-order chi connectivity index (χ1) is 7.39. The van der Waals surface area contributed by atoms with E-state index in [1.807, 2.05) is 6.92 Å². The van der Waals surface area contributed by atoms with Crippen LogP contribution in [-0.4, -0.2) is 37.1 Å². The lowest BCUT2D eigenvalue weighted by Crippen LogP contribution is -2.37. The van der Waals surface area contributed by atoms with Gasteiger partial charge in [-0.2, -0.15) is 0 Å². The molecule has 1 rings (SSSR count). The number of hydrogen-bond acceptors (Lipinski definition) is 4. The molecule has 0 bridgehead atoms. The van der Waals surface area contributed by atoms with Crippen LogP contribution in [0.25, 0.3) is 0 Å². The van der Waals surface area contributed by atoms with Crippen molar-refractivity contribution >= 4 is 11.3 Å². The van der Waals surface area contributed by atoms with Gasteiger partial charge in [-0.15, -0.1) is 11.3 Å². The number of hydrogen-bond donors (Lipinski definition) is 1. The fourth-order valence-electron chi connectivity index (χ4n) is 1.93. The Labute approximate surface area is 103 Å². The van der Waals surface area contributed by atoms with E-state index in [-0.39, 0.29) is 0 Å². The third-order valence-electron chi connectivity index (χ3n) is 2.32. The molecule has 4 heteroatoms. The largest absolute Gasteiger partial charge is 0.311 e. The quantitative estimate of drug-likeness (QED) is 0.827. The summed E-state index contributed by atoms with van der Waals surface area (Å²) in [6.45, 7) is 9.60. The van der Waals surface area contributed by atoms with Crippen LogP contribution in [-0.2, 0) is 6.54 Å². The van der Waals surface area contributed by atoms with Gasteiger partial charge >= 0.3 is 0 Å². The monoisotopic (exact) mass is 241 g/mol. The second-order valence-corrected chi connectivity index (χ2v) is 6.43. The van der Waals surface area contributed by atoms with E-state index in [0.29, 0.717) is 5.41 Å². The first kappa shape index (κ1) is 13.6. The number of thiazole rings is 1. The number of aryl methyl sites for hydroxylation is 1. The molecule has 1 N–H and O–H groups in total. The van der Waals surface area contributed by atoms with Crippen molar-refractivity contribution in [2.24, 2.45) is 5.41 Å². The second kappa shape index (κ2) is 5.75. The lowest BCUT2D eigenvalue weighted by atomic mass is 9.93. The fraction of sp³-hybridized carbons (Fsp3) is 0.750. The fourth-order valence-corrected chi connectivity index (χ4v) is 2.54. The molecule has 0 unspecified atom stereocenters.